The summed E-state index contributed by atoms with van der Waals surface area (Å²) in [6.07, 6.45) is 0. The molecule has 5 nitrogen and oxygen atoms in total. The maximum atomic E-state index is 13.6. The number of nitrogens with zero attached hydrogens (tertiary/aromatic N) is 1. The predicted molar refractivity (Wildman–Crippen MR) is 64.0 cm³/mol. The summed E-state index contributed by atoms with van der Waals surface area (Å²) in [5, 5.41) is 0. The van der Waals surface area contributed by atoms with Gasteiger partial charge in [0.1, 0.15) is 5.82 Å². The molecule has 3 N–H and O–H groups in total. The van der Waals surface area contributed by atoms with Crippen LogP contribution in [0.5, 0.6) is 11.6 Å². The maximum Gasteiger partial charge on any atom is 0.254 e. The first kappa shape index (κ1) is 12.3. The number of rotatable bonds is 3. The molecule has 0 aliphatic rings. The maximum absolute atomic E-state index is 13.6. The first-order valence-corrected chi connectivity index (χ1v) is 5.33. The van der Waals surface area contributed by atoms with Crippen LogP contribution in [0.3, 0.4) is 0 Å². The molecule has 2 rings (SSSR count). The number of nitrogens with one attached hydrogen (secondary N) is 1. The van der Waals surface area contributed by atoms with Crippen LogP contribution in [0.15, 0.2) is 29.1 Å². The van der Waals surface area contributed by atoms with Gasteiger partial charge in [0.15, 0.2) is 11.6 Å². The molecule has 0 unspecified atom stereocenters. The number of H-pyrrole nitrogens is 1. The number of hydrogen-bond acceptors (Lipinski definition) is 4. The average molecular weight is 249 g/mol. The highest BCUT2D eigenvalue weighted by Gasteiger charge is 2.07. The molecule has 1 aromatic heterocycles. The highest BCUT2D eigenvalue weighted by molar-refractivity contribution is 5.32. The van der Waals surface area contributed by atoms with Crippen LogP contribution < -0.4 is 16.0 Å². The van der Waals surface area contributed by atoms with Crippen molar-refractivity contribution >= 4 is 0 Å². The van der Waals surface area contributed by atoms with Crippen molar-refractivity contribution in [2.75, 3.05) is 0 Å². The number of aromatic amines is 1. The van der Waals surface area contributed by atoms with Gasteiger partial charge >= 0.3 is 0 Å². The Balaban J connectivity index is 2.31. The van der Waals surface area contributed by atoms with Gasteiger partial charge in [-0.15, -0.1) is 0 Å². The van der Waals surface area contributed by atoms with E-state index in [1.54, 1.807) is 13.0 Å². The zero-order chi connectivity index (χ0) is 13.1. The van der Waals surface area contributed by atoms with E-state index < -0.39 is 5.82 Å². The molecule has 0 bridgehead atoms. The molecule has 0 fully saturated rings. The third-order valence-electron chi connectivity index (χ3n) is 2.28. The van der Waals surface area contributed by atoms with Gasteiger partial charge in [0.05, 0.1) is 6.07 Å². The normalized spacial score (nSPS) is 10.4. The van der Waals surface area contributed by atoms with Crippen LogP contribution >= 0.6 is 0 Å². The van der Waals surface area contributed by atoms with Crippen LogP contribution in [0, 0.1) is 12.7 Å². The van der Waals surface area contributed by atoms with Crippen LogP contribution in [0.4, 0.5) is 4.39 Å². The fourth-order valence-electron chi connectivity index (χ4n) is 1.47. The summed E-state index contributed by atoms with van der Waals surface area (Å²) in [5.74, 6) is -0.0884. The lowest BCUT2D eigenvalue weighted by atomic mass is 10.2. The first-order valence-electron chi connectivity index (χ1n) is 5.33. The van der Waals surface area contributed by atoms with Crippen molar-refractivity contribution in [1.29, 1.82) is 0 Å². The number of nitrogens with two attached hydrogens (primary N) is 1. The molecule has 1 heterocycles. The number of halogens is 1. The Kier molecular flexibility index (Phi) is 3.38. The highest BCUT2D eigenvalue weighted by Crippen LogP contribution is 2.22. The summed E-state index contributed by atoms with van der Waals surface area (Å²) in [5.41, 5.74) is 5.71. The van der Waals surface area contributed by atoms with E-state index in [4.69, 9.17) is 10.5 Å². The van der Waals surface area contributed by atoms with Crippen molar-refractivity contribution in [3.63, 3.8) is 0 Å². The molecule has 1 aromatic carbocycles. The molecule has 0 spiro atoms. The van der Waals surface area contributed by atoms with Gasteiger partial charge in [-0.2, -0.15) is 0 Å². The van der Waals surface area contributed by atoms with Gasteiger partial charge in [0.2, 0.25) is 5.88 Å². The van der Waals surface area contributed by atoms with E-state index in [9.17, 15) is 9.18 Å². The van der Waals surface area contributed by atoms with E-state index in [-0.39, 0.29) is 23.7 Å². The zero-order valence-corrected chi connectivity index (χ0v) is 9.74. The number of benzene rings is 1. The Morgan fingerprint density at radius 3 is 2.83 bits per heavy atom. The van der Waals surface area contributed by atoms with E-state index in [1.807, 2.05) is 0 Å². The third-order valence-corrected chi connectivity index (χ3v) is 2.28. The average Bonchev–Trinajstić information content (AvgIpc) is 2.30. The smallest absolute Gasteiger partial charge is 0.254 e. The SMILES string of the molecule is Cc1nc(Oc2ccc(CN)cc2F)cc(=O)[nH]1. The Morgan fingerprint density at radius 1 is 1.44 bits per heavy atom. The third kappa shape index (κ3) is 2.72. The van der Waals surface area contributed by atoms with Gasteiger partial charge in [-0.1, -0.05) is 6.07 Å². The molecule has 0 atom stereocenters. The van der Waals surface area contributed by atoms with Crippen LogP contribution in [0.1, 0.15) is 11.4 Å². The van der Waals surface area contributed by atoms with Gasteiger partial charge in [-0.25, -0.2) is 9.37 Å². The van der Waals surface area contributed by atoms with Crippen LogP contribution in [-0.2, 0) is 6.54 Å². The second-order valence-corrected chi connectivity index (χ2v) is 3.74. The molecule has 0 saturated carbocycles. The molecule has 0 aliphatic carbocycles. The minimum Gasteiger partial charge on any atom is -0.436 e. The minimum absolute atomic E-state index is 0.00435. The van der Waals surface area contributed by atoms with Crippen LogP contribution in [-0.4, -0.2) is 9.97 Å². The second-order valence-electron chi connectivity index (χ2n) is 3.74. The topological polar surface area (TPSA) is 81.0 Å². The number of aryl methyl sites for hydroxylation is 1. The number of aromatic nitrogens is 2. The molecule has 0 saturated heterocycles. The standard InChI is InChI=1S/C12H12FN3O2/c1-7-15-11(17)5-12(16-7)18-10-3-2-8(6-14)4-9(10)13/h2-5H,6,14H2,1H3,(H,15,16,17). The summed E-state index contributed by atoms with van der Waals surface area (Å²) < 4.78 is 18.9. The Labute approximate surface area is 102 Å². The predicted octanol–water partition coefficient (Wildman–Crippen LogP) is 1.47. The molecule has 6 heteroatoms. The van der Waals surface area contributed by atoms with E-state index in [0.29, 0.717) is 11.4 Å². The second kappa shape index (κ2) is 4.97. The lowest BCUT2D eigenvalue weighted by Gasteiger charge is -2.07. The van der Waals surface area contributed by atoms with Gasteiger partial charge in [0.25, 0.3) is 5.56 Å². The van der Waals surface area contributed by atoms with Gasteiger partial charge < -0.3 is 15.5 Å². The van der Waals surface area contributed by atoms with Crippen LogP contribution in [0.2, 0.25) is 0 Å². The molecular weight excluding hydrogens is 237 g/mol. The van der Waals surface area contributed by atoms with Crippen molar-refractivity contribution in [1.82, 2.24) is 9.97 Å². The zero-order valence-electron chi connectivity index (χ0n) is 9.74. The Hall–Kier alpha value is -2.21. The minimum atomic E-state index is -0.544. The number of ether oxygens (including phenoxy) is 1. The fraction of sp³-hybridized carbons (Fsp3) is 0.167. The highest BCUT2D eigenvalue weighted by atomic mass is 19.1. The Morgan fingerprint density at radius 2 is 2.22 bits per heavy atom. The lowest BCUT2D eigenvalue weighted by Crippen LogP contribution is -2.08. The van der Waals surface area contributed by atoms with E-state index in [2.05, 4.69) is 9.97 Å². The summed E-state index contributed by atoms with van der Waals surface area (Å²) in [6, 6.07) is 5.55. The molecule has 2 aromatic rings. The first-order chi connectivity index (χ1) is 8.58. The van der Waals surface area contributed by atoms with E-state index in [0.717, 1.165) is 6.07 Å². The largest absolute Gasteiger partial charge is 0.436 e. The van der Waals surface area contributed by atoms with Gasteiger partial charge in [-0.05, 0) is 24.6 Å². The van der Waals surface area contributed by atoms with Crippen molar-refractivity contribution in [3.8, 4) is 11.6 Å². The molecule has 18 heavy (non-hydrogen) atoms. The molecular formula is C12H12FN3O2. The monoisotopic (exact) mass is 249 g/mol. The molecule has 94 valence electrons. The quantitative estimate of drug-likeness (QED) is 0.863. The van der Waals surface area contributed by atoms with Gasteiger partial charge in [-0.3, -0.25) is 4.79 Å². The summed E-state index contributed by atoms with van der Waals surface area (Å²) >= 11 is 0. The lowest BCUT2D eigenvalue weighted by molar-refractivity contribution is 0.424. The van der Waals surface area contributed by atoms with Crippen molar-refractivity contribution in [2.45, 2.75) is 13.5 Å². The number of hydrogen-bond donors (Lipinski definition) is 2. The molecule has 0 amide bonds. The van der Waals surface area contributed by atoms with Gasteiger partial charge in [0, 0.05) is 6.54 Å². The van der Waals surface area contributed by atoms with E-state index in [1.165, 1.54) is 12.1 Å². The summed E-state index contributed by atoms with van der Waals surface area (Å²) in [7, 11) is 0. The fourth-order valence-corrected chi connectivity index (χ4v) is 1.47. The summed E-state index contributed by atoms with van der Waals surface area (Å²) in [6.45, 7) is 1.86. The molecule has 0 aliphatic heterocycles. The van der Waals surface area contributed by atoms with Crippen molar-refractivity contribution in [3.05, 3.63) is 51.8 Å². The molecule has 0 radical (unpaired) electrons. The summed E-state index contributed by atoms with van der Waals surface area (Å²) in [4.78, 5) is 17.6. The van der Waals surface area contributed by atoms with E-state index >= 15 is 0 Å². The Bertz CT molecular complexity index is 625. The van der Waals surface area contributed by atoms with Crippen molar-refractivity contribution < 1.29 is 9.13 Å². The van der Waals surface area contributed by atoms with Crippen molar-refractivity contribution in [2.24, 2.45) is 5.73 Å². The van der Waals surface area contributed by atoms with Crippen LogP contribution in [0.25, 0.3) is 0 Å².